The molecular weight excluding hydrogens is 170 g/mol. The Morgan fingerprint density at radius 3 is 3.17 bits per heavy atom. The van der Waals surface area contributed by atoms with Crippen LogP contribution >= 0.6 is 11.3 Å². The van der Waals surface area contributed by atoms with Gasteiger partial charge in [-0.1, -0.05) is 6.07 Å². The van der Waals surface area contributed by atoms with E-state index in [-0.39, 0.29) is 0 Å². The normalized spacial score (nSPS) is 27.4. The Morgan fingerprint density at radius 2 is 2.58 bits per heavy atom. The Bertz CT molecular complexity index is 235. The molecule has 2 rings (SSSR count). The molecule has 0 radical (unpaired) electrons. The van der Waals surface area contributed by atoms with Crippen LogP contribution in [0.4, 0.5) is 0 Å². The van der Waals surface area contributed by atoms with Crippen molar-refractivity contribution < 1.29 is 5.11 Å². The monoisotopic (exact) mass is 183 g/mol. The van der Waals surface area contributed by atoms with Crippen molar-refractivity contribution in [1.29, 1.82) is 0 Å². The van der Waals surface area contributed by atoms with Crippen molar-refractivity contribution in [1.82, 2.24) is 5.32 Å². The van der Waals surface area contributed by atoms with Gasteiger partial charge in [-0.2, -0.15) is 0 Å². The van der Waals surface area contributed by atoms with Crippen LogP contribution in [0.3, 0.4) is 0 Å². The third-order valence-corrected chi connectivity index (χ3v) is 3.15. The highest BCUT2D eigenvalue weighted by molar-refractivity contribution is 7.09. The summed E-state index contributed by atoms with van der Waals surface area (Å²) in [5.41, 5.74) is 0. The van der Waals surface area contributed by atoms with E-state index in [1.807, 2.05) is 0 Å². The predicted octanol–water partition coefficient (Wildman–Crippen LogP) is 1.22. The van der Waals surface area contributed by atoms with Crippen molar-refractivity contribution in [3.05, 3.63) is 22.4 Å². The van der Waals surface area contributed by atoms with Crippen LogP contribution in [0, 0.1) is 5.92 Å². The first-order valence-corrected chi connectivity index (χ1v) is 5.14. The van der Waals surface area contributed by atoms with Gasteiger partial charge in [0.2, 0.25) is 0 Å². The van der Waals surface area contributed by atoms with Gasteiger partial charge in [-0.25, -0.2) is 0 Å². The zero-order valence-electron chi connectivity index (χ0n) is 6.86. The lowest BCUT2D eigenvalue weighted by Crippen LogP contribution is -2.17. The molecule has 1 aromatic rings. The summed E-state index contributed by atoms with van der Waals surface area (Å²) in [7, 11) is 0. The van der Waals surface area contributed by atoms with Crippen LogP contribution in [0.5, 0.6) is 0 Å². The minimum absolute atomic E-state index is 0.335. The summed E-state index contributed by atoms with van der Waals surface area (Å²) in [5, 5.41) is 14.3. The number of hydrogen-bond acceptors (Lipinski definition) is 3. The summed E-state index contributed by atoms with van der Waals surface area (Å²) in [6.07, 6.45) is 1.14. The first kappa shape index (κ1) is 8.23. The van der Waals surface area contributed by atoms with E-state index in [9.17, 15) is 0 Å². The topological polar surface area (TPSA) is 32.3 Å². The molecule has 1 fully saturated rings. The number of hydrogen-bond donors (Lipinski definition) is 2. The fraction of sp³-hybridized carbons (Fsp3) is 0.556. The van der Waals surface area contributed by atoms with Crippen LogP contribution in [0.25, 0.3) is 0 Å². The van der Waals surface area contributed by atoms with Crippen LogP contribution in [-0.4, -0.2) is 17.8 Å². The van der Waals surface area contributed by atoms with Crippen LogP contribution in [0.1, 0.15) is 11.3 Å². The maximum atomic E-state index is 8.80. The van der Waals surface area contributed by atoms with E-state index in [0.29, 0.717) is 18.6 Å². The van der Waals surface area contributed by atoms with E-state index in [1.165, 1.54) is 4.88 Å². The third-order valence-electron chi connectivity index (χ3n) is 2.28. The molecule has 0 aromatic carbocycles. The van der Waals surface area contributed by atoms with Gasteiger partial charge in [0.15, 0.2) is 0 Å². The van der Waals surface area contributed by atoms with Gasteiger partial charge in [0.1, 0.15) is 0 Å². The van der Waals surface area contributed by atoms with Gasteiger partial charge < -0.3 is 10.4 Å². The van der Waals surface area contributed by atoms with Gasteiger partial charge in [0.05, 0.1) is 0 Å². The van der Waals surface area contributed by atoms with E-state index in [1.54, 1.807) is 11.3 Å². The summed E-state index contributed by atoms with van der Waals surface area (Å²) >= 11 is 1.78. The molecule has 12 heavy (non-hydrogen) atoms. The molecule has 2 nitrogen and oxygen atoms in total. The molecule has 1 heterocycles. The van der Waals surface area contributed by atoms with Gasteiger partial charge in [-0.15, -0.1) is 11.3 Å². The SMILES string of the molecule is OC[C@@H]1C[C@@H]1NCc1cccs1. The number of aliphatic hydroxyl groups is 1. The molecule has 1 saturated carbocycles. The Balaban J connectivity index is 1.71. The maximum absolute atomic E-state index is 8.80. The molecule has 0 spiro atoms. The van der Waals surface area contributed by atoms with Gasteiger partial charge >= 0.3 is 0 Å². The van der Waals surface area contributed by atoms with E-state index in [2.05, 4.69) is 22.8 Å². The minimum Gasteiger partial charge on any atom is -0.396 e. The summed E-state index contributed by atoms with van der Waals surface area (Å²) < 4.78 is 0. The van der Waals surface area contributed by atoms with Crippen LogP contribution in [0.2, 0.25) is 0 Å². The van der Waals surface area contributed by atoms with Gasteiger partial charge in [0, 0.05) is 24.1 Å². The van der Waals surface area contributed by atoms with Crippen LogP contribution < -0.4 is 5.32 Å². The second-order valence-corrected chi connectivity index (χ2v) is 4.28. The van der Waals surface area contributed by atoms with Crippen molar-refractivity contribution >= 4 is 11.3 Å². The van der Waals surface area contributed by atoms with Crippen LogP contribution in [-0.2, 0) is 6.54 Å². The zero-order valence-corrected chi connectivity index (χ0v) is 7.68. The molecule has 0 bridgehead atoms. The molecule has 0 unspecified atom stereocenters. The highest BCUT2D eigenvalue weighted by Crippen LogP contribution is 2.29. The number of thiophene rings is 1. The minimum atomic E-state index is 0.335. The first-order chi connectivity index (χ1) is 5.90. The van der Waals surface area contributed by atoms with Crippen molar-refractivity contribution in [3.63, 3.8) is 0 Å². The lowest BCUT2D eigenvalue weighted by atomic mass is 10.4. The largest absolute Gasteiger partial charge is 0.396 e. The van der Waals surface area contributed by atoms with Crippen molar-refractivity contribution in [2.45, 2.75) is 19.0 Å². The van der Waals surface area contributed by atoms with Crippen molar-refractivity contribution in [2.75, 3.05) is 6.61 Å². The lowest BCUT2D eigenvalue weighted by Gasteiger charge is -1.99. The Labute approximate surface area is 76.2 Å². The van der Waals surface area contributed by atoms with E-state index >= 15 is 0 Å². The second kappa shape index (κ2) is 3.56. The summed E-state index contributed by atoms with van der Waals surface area (Å²) in [4.78, 5) is 1.37. The Morgan fingerprint density at radius 1 is 1.67 bits per heavy atom. The summed E-state index contributed by atoms with van der Waals surface area (Å²) in [6.45, 7) is 1.29. The van der Waals surface area contributed by atoms with Gasteiger partial charge in [0.25, 0.3) is 0 Å². The molecule has 3 heteroatoms. The standard InChI is InChI=1S/C9H13NOS/c11-6-7-4-9(7)10-5-8-2-1-3-12-8/h1-3,7,9-11H,4-6H2/t7-,9-/m0/s1. The number of aliphatic hydroxyl groups excluding tert-OH is 1. The molecule has 1 aromatic heterocycles. The quantitative estimate of drug-likeness (QED) is 0.735. The average molecular weight is 183 g/mol. The predicted molar refractivity (Wildman–Crippen MR) is 50.1 cm³/mol. The maximum Gasteiger partial charge on any atom is 0.0474 e. The highest BCUT2D eigenvalue weighted by Gasteiger charge is 2.35. The van der Waals surface area contributed by atoms with Crippen molar-refractivity contribution in [2.24, 2.45) is 5.92 Å². The molecule has 1 aliphatic rings. The van der Waals surface area contributed by atoms with E-state index in [0.717, 1.165) is 13.0 Å². The van der Waals surface area contributed by atoms with E-state index < -0.39 is 0 Å². The molecular formula is C9H13NOS. The Kier molecular flexibility index (Phi) is 2.44. The van der Waals surface area contributed by atoms with Gasteiger partial charge in [-0.05, 0) is 23.8 Å². The molecule has 1 aliphatic carbocycles. The smallest absolute Gasteiger partial charge is 0.0474 e. The molecule has 2 N–H and O–H groups in total. The fourth-order valence-corrected chi connectivity index (χ4v) is 2.00. The second-order valence-electron chi connectivity index (χ2n) is 3.25. The zero-order chi connectivity index (χ0) is 8.39. The van der Waals surface area contributed by atoms with Crippen molar-refractivity contribution in [3.8, 4) is 0 Å². The lowest BCUT2D eigenvalue weighted by molar-refractivity contribution is 0.271. The highest BCUT2D eigenvalue weighted by atomic mass is 32.1. The number of rotatable bonds is 4. The molecule has 0 aliphatic heterocycles. The molecule has 0 saturated heterocycles. The molecule has 0 amide bonds. The number of nitrogens with one attached hydrogen (secondary N) is 1. The first-order valence-electron chi connectivity index (χ1n) is 4.27. The summed E-state index contributed by atoms with van der Waals surface area (Å²) in [5.74, 6) is 0.518. The average Bonchev–Trinajstić information content (AvgIpc) is 2.67. The van der Waals surface area contributed by atoms with Gasteiger partial charge in [-0.3, -0.25) is 0 Å². The molecule has 2 atom stereocenters. The Hall–Kier alpha value is -0.380. The van der Waals surface area contributed by atoms with Crippen LogP contribution in [0.15, 0.2) is 17.5 Å². The third kappa shape index (κ3) is 1.86. The van der Waals surface area contributed by atoms with E-state index in [4.69, 9.17) is 5.11 Å². The summed E-state index contributed by atoms with van der Waals surface area (Å²) in [6, 6.07) is 4.77. The molecule has 66 valence electrons. The fourth-order valence-electron chi connectivity index (χ4n) is 1.34.